The van der Waals surface area contributed by atoms with E-state index in [9.17, 15) is 18.4 Å². The van der Waals surface area contributed by atoms with Crippen LogP contribution in [0.25, 0.3) is 0 Å². The topological polar surface area (TPSA) is 70.7 Å². The summed E-state index contributed by atoms with van der Waals surface area (Å²) in [5.74, 6) is -1.67. The van der Waals surface area contributed by atoms with Gasteiger partial charge in [-0.05, 0) is 25.0 Å². The molecule has 0 atom stereocenters. The van der Waals surface area contributed by atoms with E-state index < -0.39 is 29.4 Å². The predicted octanol–water partition coefficient (Wildman–Crippen LogP) is 2.32. The van der Waals surface area contributed by atoms with Gasteiger partial charge in [-0.2, -0.15) is 0 Å². The Hall–Kier alpha value is -2.38. The highest BCUT2D eigenvalue weighted by atomic mass is 19.1. The first-order valence-corrected chi connectivity index (χ1v) is 6.85. The Morgan fingerprint density at radius 2 is 1.82 bits per heavy atom. The second-order valence-electron chi connectivity index (χ2n) is 4.93. The summed E-state index contributed by atoms with van der Waals surface area (Å²) in [6.07, 6.45) is 0.682. The molecule has 2 N–H and O–H groups in total. The van der Waals surface area contributed by atoms with Crippen molar-refractivity contribution in [1.82, 2.24) is 10.2 Å². The number of hydrogen-bond donors (Lipinski definition) is 2. The van der Waals surface area contributed by atoms with Gasteiger partial charge in [-0.25, -0.2) is 18.4 Å². The van der Waals surface area contributed by atoms with Gasteiger partial charge in [-0.1, -0.05) is 6.07 Å². The van der Waals surface area contributed by atoms with Gasteiger partial charge in [0, 0.05) is 19.1 Å². The summed E-state index contributed by atoms with van der Waals surface area (Å²) in [5, 5.41) is 4.80. The molecule has 0 spiro atoms. The molecule has 2 rings (SSSR count). The molecule has 0 bridgehead atoms. The van der Waals surface area contributed by atoms with Crippen molar-refractivity contribution >= 4 is 17.8 Å². The molecule has 3 amide bonds. The number of amides is 3. The molecular formula is C14H17F2N3O3. The minimum Gasteiger partial charge on any atom is -0.453 e. The summed E-state index contributed by atoms with van der Waals surface area (Å²) in [4.78, 5) is 24.7. The Balaban J connectivity index is 1.85. The average molecular weight is 313 g/mol. The van der Waals surface area contributed by atoms with Crippen LogP contribution < -0.4 is 10.6 Å². The first-order chi connectivity index (χ1) is 10.5. The van der Waals surface area contributed by atoms with E-state index >= 15 is 0 Å². The van der Waals surface area contributed by atoms with Crippen molar-refractivity contribution < 1.29 is 23.1 Å². The summed E-state index contributed by atoms with van der Waals surface area (Å²) in [6, 6.07) is 2.49. The number of carbonyl (C=O) groups is 2. The number of halogens is 2. The number of ether oxygens (including phenoxy) is 1. The number of methoxy groups -OCH3 is 1. The highest BCUT2D eigenvalue weighted by Crippen LogP contribution is 2.18. The number of nitrogens with one attached hydrogen (secondary N) is 2. The fraction of sp³-hybridized carbons (Fsp3) is 0.429. The minimum absolute atomic E-state index is 0.171. The molecule has 1 aliphatic rings. The molecule has 120 valence electrons. The molecule has 0 radical (unpaired) electrons. The normalized spacial score (nSPS) is 15.3. The smallest absolute Gasteiger partial charge is 0.409 e. The SMILES string of the molecule is COC(=O)N1CCC(NC(=O)Nc2c(F)cccc2F)CC1. The number of hydrogen-bond acceptors (Lipinski definition) is 3. The average Bonchev–Trinajstić information content (AvgIpc) is 2.51. The zero-order chi connectivity index (χ0) is 16.1. The molecule has 0 saturated carbocycles. The zero-order valence-corrected chi connectivity index (χ0v) is 12.1. The maximum Gasteiger partial charge on any atom is 0.409 e. The number of likely N-dealkylation sites (tertiary alicyclic amines) is 1. The molecule has 1 aliphatic heterocycles. The second-order valence-corrected chi connectivity index (χ2v) is 4.93. The van der Waals surface area contributed by atoms with Gasteiger partial charge >= 0.3 is 12.1 Å². The molecule has 0 aromatic heterocycles. The van der Waals surface area contributed by atoms with Crippen molar-refractivity contribution in [3.63, 3.8) is 0 Å². The van der Waals surface area contributed by atoms with Crippen LogP contribution in [-0.4, -0.2) is 43.3 Å². The van der Waals surface area contributed by atoms with Gasteiger partial charge in [0.1, 0.15) is 17.3 Å². The van der Waals surface area contributed by atoms with Gasteiger partial charge in [0.2, 0.25) is 0 Å². The van der Waals surface area contributed by atoms with Crippen LogP contribution in [0.3, 0.4) is 0 Å². The van der Waals surface area contributed by atoms with E-state index in [0.29, 0.717) is 25.9 Å². The molecule has 1 saturated heterocycles. The Morgan fingerprint density at radius 3 is 2.36 bits per heavy atom. The van der Waals surface area contributed by atoms with Gasteiger partial charge in [-0.3, -0.25) is 0 Å². The Labute approximate surface area is 126 Å². The van der Waals surface area contributed by atoms with Crippen molar-refractivity contribution in [1.29, 1.82) is 0 Å². The van der Waals surface area contributed by atoms with Crippen molar-refractivity contribution in [2.75, 3.05) is 25.5 Å². The third kappa shape index (κ3) is 3.84. The maximum atomic E-state index is 13.4. The molecule has 1 aromatic rings. The highest BCUT2D eigenvalue weighted by Gasteiger charge is 2.24. The number of rotatable bonds is 2. The lowest BCUT2D eigenvalue weighted by molar-refractivity contribution is 0.110. The summed E-state index contributed by atoms with van der Waals surface area (Å²) < 4.78 is 31.5. The van der Waals surface area contributed by atoms with Gasteiger partial charge in [-0.15, -0.1) is 0 Å². The number of anilines is 1. The molecular weight excluding hydrogens is 296 g/mol. The van der Waals surface area contributed by atoms with E-state index in [1.54, 1.807) is 0 Å². The van der Waals surface area contributed by atoms with Crippen LogP contribution in [0.4, 0.5) is 24.1 Å². The molecule has 1 fully saturated rings. The quantitative estimate of drug-likeness (QED) is 0.880. The molecule has 0 aliphatic carbocycles. The summed E-state index contributed by atoms with van der Waals surface area (Å²) in [6.45, 7) is 0.900. The highest BCUT2D eigenvalue weighted by molar-refractivity contribution is 5.89. The predicted molar refractivity (Wildman–Crippen MR) is 75.5 cm³/mol. The second kappa shape index (κ2) is 7.06. The number of carbonyl (C=O) groups excluding carboxylic acids is 2. The minimum atomic E-state index is -0.837. The number of piperidine rings is 1. The van der Waals surface area contributed by atoms with Crippen LogP contribution >= 0.6 is 0 Å². The Kier molecular flexibility index (Phi) is 5.13. The molecule has 1 aromatic carbocycles. The molecule has 1 heterocycles. The molecule has 8 heteroatoms. The van der Waals surface area contributed by atoms with E-state index in [0.717, 1.165) is 12.1 Å². The lowest BCUT2D eigenvalue weighted by Crippen LogP contribution is -2.47. The van der Waals surface area contributed by atoms with Crippen LogP contribution in [0.1, 0.15) is 12.8 Å². The Morgan fingerprint density at radius 1 is 1.23 bits per heavy atom. The first kappa shape index (κ1) is 16.0. The van der Waals surface area contributed by atoms with Crippen molar-refractivity contribution in [3.05, 3.63) is 29.8 Å². The van der Waals surface area contributed by atoms with Crippen molar-refractivity contribution in [2.45, 2.75) is 18.9 Å². The van der Waals surface area contributed by atoms with Crippen LogP contribution in [0, 0.1) is 11.6 Å². The fourth-order valence-corrected chi connectivity index (χ4v) is 2.29. The third-order valence-electron chi connectivity index (χ3n) is 3.46. The summed E-state index contributed by atoms with van der Waals surface area (Å²) in [5.41, 5.74) is -0.480. The van der Waals surface area contributed by atoms with Gasteiger partial charge < -0.3 is 20.3 Å². The van der Waals surface area contributed by atoms with Gasteiger partial charge in [0.05, 0.1) is 7.11 Å². The van der Waals surface area contributed by atoms with Crippen LogP contribution in [0.2, 0.25) is 0 Å². The van der Waals surface area contributed by atoms with Gasteiger partial charge in [0.25, 0.3) is 0 Å². The van der Waals surface area contributed by atoms with E-state index in [-0.39, 0.29) is 6.04 Å². The summed E-state index contributed by atoms with van der Waals surface area (Å²) in [7, 11) is 1.31. The van der Waals surface area contributed by atoms with Crippen LogP contribution in [0.15, 0.2) is 18.2 Å². The standard InChI is InChI=1S/C14H17F2N3O3/c1-22-14(21)19-7-5-9(6-8-19)17-13(20)18-12-10(15)3-2-4-11(12)16/h2-4,9H,5-8H2,1H3,(H2,17,18,20). The zero-order valence-electron chi connectivity index (χ0n) is 12.1. The van der Waals surface area contributed by atoms with Crippen molar-refractivity contribution in [2.24, 2.45) is 0 Å². The number of nitrogens with zero attached hydrogens (tertiary/aromatic N) is 1. The fourth-order valence-electron chi connectivity index (χ4n) is 2.29. The van der Waals surface area contributed by atoms with Crippen LogP contribution in [-0.2, 0) is 4.74 Å². The lowest BCUT2D eigenvalue weighted by atomic mass is 10.1. The monoisotopic (exact) mass is 313 g/mol. The van der Waals surface area contributed by atoms with Crippen molar-refractivity contribution in [3.8, 4) is 0 Å². The number of urea groups is 1. The molecule has 6 nitrogen and oxygen atoms in total. The van der Waals surface area contributed by atoms with E-state index in [1.165, 1.54) is 18.1 Å². The lowest BCUT2D eigenvalue weighted by Gasteiger charge is -2.31. The largest absolute Gasteiger partial charge is 0.453 e. The maximum absolute atomic E-state index is 13.4. The molecule has 0 unspecified atom stereocenters. The van der Waals surface area contributed by atoms with Gasteiger partial charge in [0.15, 0.2) is 0 Å². The third-order valence-corrected chi connectivity index (χ3v) is 3.46. The van der Waals surface area contributed by atoms with E-state index in [4.69, 9.17) is 0 Å². The van der Waals surface area contributed by atoms with E-state index in [2.05, 4.69) is 15.4 Å². The number of benzene rings is 1. The first-order valence-electron chi connectivity index (χ1n) is 6.85. The van der Waals surface area contributed by atoms with Crippen LogP contribution in [0.5, 0.6) is 0 Å². The van der Waals surface area contributed by atoms with E-state index in [1.807, 2.05) is 0 Å². The Bertz CT molecular complexity index is 540. The molecule has 22 heavy (non-hydrogen) atoms. The number of para-hydroxylation sites is 1. The summed E-state index contributed by atoms with van der Waals surface area (Å²) >= 11 is 0.